The van der Waals surface area contributed by atoms with Gasteiger partial charge in [0.15, 0.2) is 0 Å². The van der Waals surface area contributed by atoms with E-state index in [9.17, 15) is 4.39 Å². The SMILES string of the molecule is COc1ccc(F)cc1CN(C)C1CCC(N)CC1. The Bertz CT molecular complexity index is 417. The highest BCUT2D eigenvalue weighted by molar-refractivity contribution is 5.33. The maximum atomic E-state index is 13.3. The zero-order valence-electron chi connectivity index (χ0n) is 11.7. The topological polar surface area (TPSA) is 38.5 Å². The molecule has 0 bridgehead atoms. The summed E-state index contributed by atoms with van der Waals surface area (Å²) in [5.41, 5.74) is 6.83. The van der Waals surface area contributed by atoms with Crippen LogP contribution in [-0.2, 0) is 6.54 Å². The van der Waals surface area contributed by atoms with Crippen LogP contribution in [-0.4, -0.2) is 31.1 Å². The Morgan fingerprint density at radius 2 is 2.00 bits per heavy atom. The number of halogens is 1. The van der Waals surface area contributed by atoms with Crippen LogP contribution < -0.4 is 10.5 Å². The van der Waals surface area contributed by atoms with E-state index in [1.54, 1.807) is 19.2 Å². The largest absolute Gasteiger partial charge is 0.496 e. The summed E-state index contributed by atoms with van der Waals surface area (Å²) >= 11 is 0. The van der Waals surface area contributed by atoms with Gasteiger partial charge in [-0.3, -0.25) is 4.90 Å². The van der Waals surface area contributed by atoms with Gasteiger partial charge < -0.3 is 10.5 Å². The third kappa shape index (κ3) is 3.67. The van der Waals surface area contributed by atoms with Gasteiger partial charge in [-0.1, -0.05) is 0 Å². The van der Waals surface area contributed by atoms with Crippen molar-refractivity contribution >= 4 is 0 Å². The van der Waals surface area contributed by atoms with Crippen LogP contribution in [0.2, 0.25) is 0 Å². The lowest BCUT2D eigenvalue weighted by atomic mass is 9.91. The molecule has 0 radical (unpaired) electrons. The Balaban J connectivity index is 2.02. The van der Waals surface area contributed by atoms with E-state index in [4.69, 9.17) is 10.5 Å². The first-order valence-corrected chi connectivity index (χ1v) is 6.88. The van der Waals surface area contributed by atoms with Crippen LogP contribution in [0.1, 0.15) is 31.2 Å². The molecule has 106 valence electrons. The summed E-state index contributed by atoms with van der Waals surface area (Å²) in [6, 6.07) is 5.57. The van der Waals surface area contributed by atoms with Crippen molar-refractivity contribution in [1.82, 2.24) is 4.90 Å². The molecule has 19 heavy (non-hydrogen) atoms. The summed E-state index contributed by atoms with van der Waals surface area (Å²) in [5.74, 6) is 0.538. The van der Waals surface area contributed by atoms with Crippen LogP contribution >= 0.6 is 0 Å². The van der Waals surface area contributed by atoms with Crippen LogP contribution in [0.3, 0.4) is 0 Å². The molecule has 0 saturated heterocycles. The first-order valence-electron chi connectivity index (χ1n) is 6.88. The highest BCUT2D eigenvalue weighted by Gasteiger charge is 2.22. The zero-order chi connectivity index (χ0) is 13.8. The fraction of sp³-hybridized carbons (Fsp3) is 0.600. The van der Waals surface area contributed by atoms with E-state index < -0.39 is 0 Å². The Hall–Kier alpha value is -1.13. The van der Waals surface area contributed by atoms with E-state index in [1.165, 1.54) is 6.07 Å². The molecule has 0 atom stereocenters. The van der Waals surface area contributed by atoms with Crippen LogP contribution in [0.15, 0.2) is 18.2 Å². The number of benzene rings is 1. The lowest BCUT2D eigenvalue weighted by Crippen LogP contribution is -2.38. The van der Waals surface area contributed by atoms with E-state index in [-0.39, 0.29) is 5.82 Å². The molecule has 1 aliphatic carbocycles. The standard InChI is InChI=1S/C15H23FN2O/c1-18(14-6-4-13(17)5-7-14)10-11-9-12(16)3-8-15(11)19-2/h3,8-9,13-14H,4-7,10,17H2,1-2H3. The van der Waals surface area contributed by atoms with Gasteiger partial charge >= 0.3 is 0 Å². The molecular formula is C15H23FN2O. The number of hydrogen-bond acceptors (Lipinski definition) is 3. The molecule has 0 amide bonds. The Morgan fingerprint density at radius 3 is 2.63 bits per heavy atom. The van der Waals surface area contributed by atoms with Crippen molar-refractivity contribution in [2.75, 3.05) is 14.2 Å². The summed E-state index contributed by atoms with van der Waals surface area (Å²) in [6.07, 6.45) is 4.40. The van der Waals surface area contributed by atoms with Gasteiger partial charge in [0.25, 0.3) is 0 Å². The lowest BCUT2D eigenvalue weighted by molar-refractivity contribution is 0.174. The molecule has 0 spiro atoms. The maximum Gasteiger partial charge on any atom is 0.123 e. The number of hydrogen-bond donors (Lipinski definition) is 1. The first-order chi connectivity index (χ1) is 9.10. The molecular weight excluding hydrogens is 243 g/mol. The van der Waals surface area contributed by atoms with Crippen LogP contribution in [0.4, 0.5) is 4.39 Å². The molecule has 1 aliphatic rings. The van der Waals surface area contributed by atoms with Crippen molar-refractivity contribution < 1.29 is 9.13 Å². The summed E-state index contributed by atoms with van der Waals surface area (Å²) in [6.45, 7) is 0.709. The third-order valence-corrected chi connectivity index (χ3v) is 4.03. The molecule has 1 fully saturated rings. The molecule has 1 saturated carbocycles. The number of nitrogens with zero attached hydrogens (tertiary/aromatic N) is 1. The summed E-state index contributed by atoms with van der Waals surface area (Å²) in [5, 5.41) is 0. The van der Waals surface area contributed by atoms with Gasteiger partial charge in [-0.25, -0.2) is 4.39 Å². The fourth-order valence-corrected chi connectivity index (χ4v) is 2.81. The average Bonchev–Trinajstić information content (AvgIpc) is 2.39. The summed E-state index contributed by atoms with van der Waals surface area (Å²) in [7, 11) is 3.71. The fourth-order valence-electron chi connectivity index (χ4n) is 2.81. The number of rotatable bonds is 4. The number of ether oxygens (including phenoxy) is 1. The van der Waals surface area contributed by atoms with Crippen molar-refractivity contribution in [3.05, 3.63) is 29.6 Å². The van der Waals surface area contributed by atoms with Crippen LogP contribution in [0.5, 0.6) is 5.75 Å². The molecule has 1 aromatic rings. The Labute approximate surface area is 114 Å². The predicted octanol–water partition coefficient (Wildman–Crippen LogP) is 2.54. The second-order valence-corrected chi connectivity index (χ2v) is 5.44. The lowest BCUT2D eigenvalue weighted by Gasteiger charge is -2.33. The first kappa shape index (κ1) is 14.3. The molecule has 2 rings (SSSR count). The molecule has 1 aromatic carbocycles. The van der Waals surface area contributed by atoms with Gasteiger partial charge in [-0.05, 0) is 50.9 Å². The average molecular weight is 266 g/mol. The molecule has 0 heterocycles. The Kier molecular flexibility index (Phi) is 4.77. The molecule has 4 heteroatoms. The molecule has 3 nitrogen and oxygen atoms in total. The van der Waals surface area contributed by atoms with Crippen LogP contribution in [0, 0.1) is 5.82 Å². The van der Waals surface area contributed by atoms with Gasteiger partial charge in [0.1, 0.15) is 11.6 Å². The second-order valence-electron chi connectivity index (χ2n) is 5.44. The third-order valence-electron chi connectivity index (χ3n) is 4.03. The van der Waals surface area contributed by atoms with Gasteiger partial charge in [0.05, 0.1) is 7.11 Å². The van der Waals surface area contributed by atoms with Crippen molar-refractivity contribution in [3.63, 3.8) is 0 Å². The van der Waals surface area contributed by atoms with Crippen LogP contribution in [0.25, 0.3) is 0 Å². The van der Waals surface area contributed by atoms with Gasteiger partial charge in [-0.2, -0.15) is 0 Å². The Morgan fingerprint density at radius 1 is 1.32 bits per heavy atom. The van der Waals surface area contributed by atoms with Crippen molar-refractivity contribution in [1.29, 1.82) is 0 Å². The van der Waals surface area contributed by atoms with Crippen molar-refractivity contribution in [2.45, 2.75) is 44.3 Å². The normalized spacial score (nSPS) is 23.6. The van der Waals surface area contributed by atoms with Gasteiger partial charge in [0, 0.05) is 24.2 Å². The highest BCUT2D eigenvalue weighted by atomic mass is 19.1. The quantitative estimate of drug-likeness (QED) is 0.910. The van der Waals surface area contributed by atoms with E-state index in [1.807, 2.05) is 0 Å². The number of nitrogens with two attached hydrogens (primary N) is 1. The zero-order valence-corrected chi connectivity index (χ0v) is 11.7. The smallest absolute Gasteiger partial charge is 0.123 e. The second kappa shape index (κ2) is 6.35. The van der Waals surface area contributed by atoms with E-state index in [2.05, 4.69) is 11.9 Å². The van der Waals surface area contributed by atoms with Gasteiger partial charge in [-0.15, -0.1) is 0 Å². The molecule has 0 unspecified atom stereocenters. The van der Waals surface area contributed by atoms with E-state index in [0.717, 1.165) is 37.0 Å². The van der Waals surface area contributed by atoms with E-state index in [0.29, 0.717) is 18.6 Å². The molecule has 2 N–H and O–H groups in total. The molecule has 0 aromatic heterocycles. The van der Waals surface area contributed by atoms with Gasteiger partial charge in [0.2, 0.25) is 0 Å². The summed E-state index contributed by atoms with van der Waals surface area (Å²) < 4.78 is 18.6. The minimum absolute atomic E-state index is 0.213. The van der Waals surface area contributed by atoms with Crippen molar-refractivity contribution in [2.24, 2.45) is 5.73 Å². The monoisotopic (exact) mass is 266 g/mol. The number of methoxy groups -OCH3 is 1. The summed E-state index contributed by atoms with van der Waals surface area (Å²) in [4.78, 5) is 2.28. The minimum atomic E-state index is -0.213. The predicted molar refractivity (Wildman–Crippen MR) is 74.7 cm³/mol. The van der Waals surface area contributed by atoms with E-state index >= 15 is 0 Å². The molecule has 0 aliphatic heterocycles. The minimum Gasteiger partial charge on any atom is -0.496 e. The van der Waals surface area contributed by atoms with Crippen molar-refractivity contribution in [3.8, 4) is 5.75 Å². The highest BCUT2D eigenvalue weighted by Crippen LogP contribution is 2.25. The maximum absolute atomic E-state index is 13.3.